The summed E-state index contributed by atoms with van der Waals surface area (Å²) in [6.07, 6.45) is 0. The molecular formula is C12H15NO4S. The second-order valence-electron chi connectivity index (χ2n) is 4.17. The van der Waals surface area contributed by atoms with Gasteiger partial charge in [0.15, 0.2) is 11.5 Å². The van der Waals surface area contributed by atoms with E-state index in [2.05, 4.69) is 0 Å². The van der Waals surface area contributed by atoms with Crippen molar-refractivity contribution in [2.45, 2.75) is 6.92 Å². The van der Waals surface area contributed by atoms with Crippen molar-refractivity contribution in [1.82, 2.24) is 0 Å². The van der Waals surface area contributed by atoms with Crippen LogP contribution in [0.5, 0.6) is 11.5 Å². The highest BCUT2D eigenvalue weighted by Crippen LogP contribution is 2.41. The first kappa shape index (κ1) is 12.9. The molecule has 98 valence electrons. The standard InChI is InChI=1S/C12H15NO4S/c1-7-8(12(16)17)6-9(14)11(15)10(7)13-2-4-18-5-3-13/h6,14-15H,2-5H2,1H3,(H,16,17). The Bertz CT molecular complexity index is 483. The van der Waals surface area contributed by atoms with Gasteiger partial charge in [-0.3, -0.25) is 0 Å². The van der Waals surface area contributed by atoms with Crippen molar-refractivity contribution in [3.63, 3.8) is 0 Å². The van der Waals surface area contributed by atoms with Crippen molar-refractivity contribution in [3.8, 4) is 11.5 Å². The second-order valence-corrected chi connectivity index (χ2v) is 5.39. The highest BCUT2D eigenvalue weighted by molar-refractivity contribution is 7.99. The molecule has 0 aliphatic carbocycles. The number of phenols is 2. The third-order valence-corrected chi connectivity index (χ3v) is 4.01. The molecule has 1 aromatic carbocycles. The predicted octanol–water partition coefficient (Wildman–Crippen LogP) is 1.66. The fourth-order valence-corrected chi connectivity index (χ4v) is 3.04. The van der Waals surface area contributed by atoms with Crippen LogP contribution in [0.25, 0.3) is 0 Å². The molecule has 0 saturated carbocycles. The minimum Gasteiger partial charge on any atom is -0.504 e. The second kappa shape index (κ2) is 4.97. The zero-order valence-electron chi connectivity index (χ0n) is 10.0. The molecule has 0 bridgehead atoms. The maximum Gasteiger partial charge on any atom is 0.336 e. The summed E-state index contributed by atoms with van der Waals surface area (Å²) in [5, 5.41) is 28.7. The zero-order valence-corrected chi connectivity index (χ0v) is 10.8. The van der Waals surface area contributed by atoms with E-state index >= 15 is 0 Å². The number of anilines is 1. The molecule has 0 unspecified atom stereocenters. The fourth-order valence-electron chi connectivity index (χ4n) is 2.14. The number of nitrogens with zero attached hydrogens (tertiary/aromatic N) is 1. The van der Waals surface area contributed by atoms with Gasteiger partial charge in [0.25, 0.3) is 0 Å². The molecule has 5 nitrogen and oxygen atoms in total. The molecule has 0 amide bonds. The maximum absolute atomic E-state index is 11.1. The number of carbonyl (C=O) groups is 1. The molecular weight excluding hydrogens is 254 g/mol. The quantitative estimate of drug-likeness (QED) is 0.708. The monoisotopic (exact) mass is 269 g/mol. The Labute approximate surface area is 109 Å². The molecule has 1 heterocycles. The summed E-state index contributed by atoms with van der Waals surface area (Å²) in [5.41, 5.74) is 0.955. The Hall–Kier alpha value is -1.56. The topological polar surface area (TPSA) is 81.0 Å². The van der Waals surface area contributed by atoms with Crippen LogP contribution in [0.2, 0.25) is 0 Å². The third-order valence-electron chi connectivity index (χ3n) is 3.06. The Morgan fingerprint density at radius 3 is 2.50 bits per heavy atom. The van der Waals surface area contributed by atoms with Crippen LogP contribution in [0.1, 0.15) is 15.9 Å². The molecule has 0 spiro atoms. The van der Waals surface area contributed by atoms with E-state index in [4.69, 9.17) is 5.11 Å². The number of phenolic OH excluding ortho intramolecular Hbond substituents is 2. The van der Waals surface area contributed by atoms with Crippen molar-refractivity contribution in [3.05, 3.63) is 17.2 Å². The lowest BCUT2D eigenvalue weighted by Gasteiger charge is -2.31. The molecule has 1 saturated heterocycles. The van der Waals surface area contributed by atoms with Crippen LogP contribution in [0.15, 0.2) is 6.07 Å². The number of hydrogen-bond donors (Lipinski definition) is 3. The van der Waals surface area contributed by atoms with Crippen LogP contribution >= 0.6 is 11.8 Å². The number of thioether (sulfide) groups is 1. The number of carboxylic acid groups (broad SMARTS) is 1. The predicted molar refractivity (Wildman–Crippen MR) is 71.0 cm³/mol. The van der Waals surface area contributed by atoms with E-state index < -0.39 is 5.97 Å². The van der Waals surface area contributed by atoms with E-state index in [-0.39, 0.29) is 17.1 Å². The van der Waals surface area contributed by atoms with E-state index in [0.29, 0.717) is 11.3 Å². The number of carboxylic acids is 1. The number of benzene rings is 1. The average molecular weight is 269 g/mol. The molecule has 3 N–H and O–H groups in total. The molecule has 1 aromatic rings. The number of aromatic carboxylic acids is 1. The Morgan fingerprint density at radius 2 is 1.94 bits per heavy atom. The van der Waals surface area contributed by atoms with E-state index in [1.54, 1.807) is 6.92 Å². The van der Waals surface area contributed by atoms with Crippen molar-refractivity contribution >= 4 is 23.4 Å². The molecule has 0 atom stereocenters. The van der Waals surface area contributed by atoms with Gasteiger partial charge in [-0.15, -0.1) is 0 Å². The van der Waals surface area contributed by atoms with E-state index in [0.717, 1.165) is 30.7 Å². The molecule has 1 aliphatic rings. The summed E-state index contributed by atoms with van der Waals surface area (Å²) in [6.45, 7) is 3.13. The lowest BCUT2D eigenvalue weighted by molar-refractivity contribution is 0.0695. The minimum atomic E-state index is -1.10. The van der Waals surface area contributed by atoms with E-state index in [1.807, 2.05) is 16.7 Å². The largest absolute Gasteiger partial charge is 0.504 e. The van der Waals surface area contributed by atoms with Gasteiger partial charge in [0.2, 0.25) is 0 Å². The lowest BCUT2D eigenvalue weighted by Crippen LogP contribution is -2.33. The lowest BCUT2D eigenvalue weighted by atomic mass is 10.0. The van der Waals surface area contributed by atoms with Gasteiger partial charge < -0.3 is 20.2 Å². The summed E-state index contributed by atoms with van der Waals surface area (Å²) in [4.78, 5) is 13.0. The first-order valence-corrected chi connectivity index (χ1v) is 6.79. The van der Waals surface area contributed by atoms with Gasteiger partial charge in [-0.05, 0) is 18.6 Å². The van der Waals surface area contributed by atoms with Crippen LogP contribution in [-0.2, 0) is 0 Å². The molecule has 1 aliphatic heterocycles. The van der Waals surface area contributed by atoms with Crippen molar-refractivity contribution in [2.75, 3.05) is 29.5 Å². The summed E-state index contributed by atoms with van der Waals surface area (Å²) in [6, 6.07) is 1.09. The zero-order chi connectivity index (χ0) is 13.3. The van der Waals surface area contributed by atoms with Crippen LogP contribution in [0.4, 0.5) is 5.69 Å². The van der Waals surface area contributed by atoms with Gasteiger partial charge in [-0.2, -0.15) is 11.8 Å². The third kappa shape index (κ3) is 2.20. The van der Waals surface area contributed by atoms with Gasteiger partial charge in [0, 0.05) is 24.6 Å². The minimum absolute atomic E-state index is 0.0264. The summed E-state index contributed by atoms with van der Waals surface area (Å²) >= 11 is 1.82. The Kier molecular flexibility index (Phi) is 3.56. The summed E-state index contributed by atoms with van der Waals surface area (Å²) < 4.78 is 0. The van der Waals surface area contributed by atoms with Gasteiger partial charge in [0.1, 0.15) is 0 Å². The van der Waals surface area contributed by atoms with Crippen molar-refractivity contribution < 1.29 is 20.1 Å². The first-order valence-electron chi connectivity index (χ1n) is 5.64. The molecule has 1 fully saturated rings. The van der Waals surface area contributed by atoms with E-state index in [9.17, 15) is 15.0 Å². The van der Waals surface area contributed by atoms with Gasteiger partial charge >= 0.3 is 5.97 Å². The molecule has 0 aromatic heterocycles. The van der Waals surface area contributed by atoms with Gasteiger partial charge in [-0.25, -0.2) is 4.79 Å². The summed E-state index contributed by atoms with van der Waals surface area (Å²) in [7, 11) is 0. The highest BCUT2D eigenvalue weighted by Gasteiger charge is 2.23. The van der Waals surface area contributed by atoms with Gasteiger partial charge in [-0.1, -0.05) is 0 Å². The maximum atomic E-state index is 11.1. The first-order chi connectivity index (χ1) is 8.52. The van der Waals surface area contributed by atoms with Crippen molar-refractivity contribution in [1.29, 1.82) is 0 Å². The van der Waals surface area contributed by atoms with Crippen LogP contribution in [0.3, 0.4) is 0 Å². The molecule has 2 rings (SSSR count). The van der Waals surface area contributed by atoms with Crippen molar-refractivity contribution in [2.24, 2.45) is 0 Å². The van der Waals surface area contributed by atoms with Crippen LogP contribution in [0, 0.1) is 6.92 Å². The fraction of sp³-hybridized carbons (Fsp3) is 0.417. The Balaban J connectivity index is 2.53. The number of aromatic hydroxyl groups is 2. The van der Waals surface area contributed by atoms with Gasteiger partial charge in [0.05, 0.1) is 11.3 Å². The average Bonchev–Trinajstić information content (AvgIpc) is 2.35. The normalized spacial score (nSPS) is 15.7. The van der Waals surface area contributed by atoms with Crippen LogP contribution in [-0.4, -0.2) is 45.9 Å². The summed E-state index contributed by atoms with van der Waals surface area (Å²) in [5.74, 6) is 0.138. The van der Waals surface area contributed by atoms with E-state index in [1.165, 1.54) is 0 Å². The molecule has 0 radical (unpaired) electrons. The smallest absolute Gasteiger partial charge is 0.336 e. The number of rotatable bonds is 2. The number of hydrogen-bond acceptors (Lipinski definition) is 5. The van der Waals surface area contributed by atoms with Crippen LogP contribution < -0.4 is 4.90 Å². The molecule has 18 heavy (non-hydrogen) atoms. The SMILES string of the molecule is Cc1c(C(=O)O)cc(O)c(O)c1N1CCSCC1. The molecule has 6 heteroatoms. The Morgan fingerprint density at radius 1 is 1.33 bits per heavy atom. The highest BCUT2D eigenvalue weighted by atomic mass is 32.2.